The van der Waals surface area contributed by atoms with E-state index in [0.717, 1.165) is 4.48 Å². The van der Waals surface area contributed by atoms with E-state index in [-0.39, 0.29) is 12.4 Å². The molecule has 0 saturated carbocycles. The van der Waals surface area contributed by atoms with Gasteiger partial charge in [0.1, 0.15) is 0 Å². The Hall–Kier alpha value is 0.540. The normalized spacial score (nSPS) is 14.1. The molecule has 0 rings (SSSR count). The molecule has 0 amide bonds. The van der Waals surface area contributed by atoms with E-state index in [1.807, 2.05) is 0 Å². The van der Waals surface area contributed by atoms with Crippen molar-refractivity contribution in [2.75, 3.05) is 20.1 Å². The highest BCUT2D eigenvalue weighted by molar-refractivity contribution is 6.16. The van der Waals surface area contributed by atoms with Crippen molar-refractivity contribution in [1.82, 2.24) is 0 Å². The molecule has 0 saturated heterocycles. The van der Waals surface area contributed by atoms with Gasteiger partial charge in [-0.25, -0.2) is 0 Å². The van der Waals surface area contributed by atoms with Crippen LogP contribution in [0.1, 0.15) is 20.3 Å². The summed E-state index contributed by atoms with van der Waals surface area (Å²) in [5.74, 6) is 0. The molecular weight excluding hydrogens is 169 g/mol. The van der Waals surface area contributed by atoms with E-state index in [1.54, 1.807) is 0 Å². The first-order valence-corrected chi connectivity index (χ1v) is 3.96. The van der Waals surface area contributed by atoms with Gasteiger partial charge in [-0.3, -0.25) is 0 Å². The number of alkyl halides is 1. The lowest BCUT2D eigenvalue weighted by molar-refractivity contribution is -0.902. The van der Waals surface area contributed by atoms with Gasteiger partial charge in [-0.15, -0.1) is 0 Å². The third-order valence-corrected chi connectivity index (χ3v) is 2.71. The third-order valence-electron chi connectivity index (χ3n) is 2.09. The topological polar surface area (TPSA) is 0 Å². The number of hydrogen-bond acceptors (Lipinski definition) is 0. The van der Waals surface area contributed by atoms with E-state index in [0.29, 0.717) is 12.0 Å². The van der Waals surface area contributed by atoms with Crippen LogP contribution in [0.5, 0.6) is 0 Å². The molecule has 3 heteroatoms. The fourth-order valence-electron chi connectivity index (χ4n) is 0.612. The van der Waals surface area contributed by atoms with Gasteiger partial charge in [-0.2, -0.15) is 0 Å². The predicted molar refractivity (Wildman–Crippen MR) is 42.6 cm³/mol. The molecule has 0 aromatic rings. The van der Waals surface area contributed by atoms with Gasteiger partial charge in [-0.1, -0.05) is 18.5 Å². The Labute approximate surface area is 75.4 Å². The molecule has 0 spiro atoms. The first kappa shape index (κ1) is 13.2. The van der Waals surface area contributed by atoms with Crippen LogP contribution >= 0.6 is 11.6 Å². The molecule has 0 radical (unpaired) electrons. The minimum absolute atomic E-state index is 0. The quantitative estimate of drug-likeness (QED) is 0.303. The van der Waals surface area contributed by atoms with Gasteiger partial charge in [0.2, 0.25) is 0 Å². The molecule has 1 nitrogen and oxygen atoms in total. The number of hydrogen-bond donors (Lipinski definition) is 0. The van der Waals surface area contributed by atoms with Crippen molar-refractivity contribution < 1.29 is 16.9 Å². The van der Waals surface area contributed by atoms with Crippen molar-refractivity contribution in [3.05, 3.63) is 0 Å². The SMILES string of the molecule is CCC(C)[N+](C)(C)CCl.[Cl-]. The van der Waals surface area contributed by atoms with E-state index in [4.69, 9.17) is 11.6 Å². The van der Waals surface area contributed by atoms with E-state index < -0.39 is 0 Å². The van der Waals surface area contributed by atoms with E-state index in [2.05, 4.69) is 27.9 Å². The molecule has 0 aromatic carbocycles. The second-order valence-electron chi connectivity index (χ2n) is 3.16. The smallest absolute Gasteiger partial charge is 0.154 e. The Bertz CT molecular complexity index is 83.7. The molecule has 0 N–H and O–H groups in total. The van der Waals surface area contributed by atoms with E-state index >= 15 is 0 Å². The summed E-state index contributed by atoms with van der Waals surface area (Å²) in [7, 11) is 4.31. The van der Waals surface area contributed by atoms with Crippen molar-refractivity contribution in [2.24, 2.45) is 0 Å². The Morgan fingerprint density at radius 3 is 1.90 bits per heavy atom. The predicted octanol–water partition coefficient (Wildman–Crippen LogP) is -0.938. The second-order valence-corrected chi connectivity index (χ2v) is 3.39. The summed E-state index contributed by atoms with van der Waals surface area (Å²) in [6.45, 7) is 4.42. The number of nitrogens with zero attached hydrogens (tertiary/aromatic N) is 1. The third kappa shape index (κ3) is 3.65. The van der Waals surface area contributed by atoms with E-state index in [9.17, 15) is 0 Å². The molecule has 1 atom stereocenters. The van der Waals surface area contributed by atoms with Gasteiger partial charge in [0.05, 0.1) is 20.1 Å². The summed E-state index contributed by atoms with van der Waals surface area (Å²) in [6.07, 6.45) is 1.19. The van der Waals surface area contributed by atoms with Crippen LogP contribution in [0.4, 0.5) is 0 Å². The first-order chi connectivity index (χ1) is 4.04. The van der Waals surface area contributed by atoms with Gasteiger partial charge in [0, 0.05) is 0 Å². The molecular formula is C7H17Cl2N. The van der Waals surface area contributed by atoms with Crippen molar-refractivity contribution in [3.63, 3.8) is 0 Å². The van der Waals surface area contributed by atoms with Gasteiger partial charge in [0.15, 0.2) is 6.00 Å². The molecule has 0 aromatic heterocycles. The summed E-state index contributed by atoms with van der Waals surface area (Å²) in [6, 6.07) is 1.37. The summed E-state index contributed by atoms with van der Waals surface area (Å²) in [5.41, 5.74) is 0. The van der Waals surface area contributed by atoms with Crippen LogP contribution in [0.3, 0.4) is 0 Å². The highest BCUT2D eigenvalue weighted by Gasteiger charge is 2.19. The van der Waals surface area contributed by atoms with Crippen molar-refractivity contribution in [1.29, 1.82) is 0 Å². The fourth-order valence-corrected chi connectivity index (χ4v) is 0.848. The number of quaternary nitrogens is 1. The molecule has 64 valence electrons. The molecule has 0 bridgehead atoms. The monoisotopic (exact) mass is 185 g/mol. The maximum absolute atomic E-state index is 5.74. The standard InChI is InChI=1S/C7H17ClN.ClH/c1-5-7(2)9(3,4)6-8;/h7H,5-6H2,1-4H3;1H/q+1;/p-1. The molecule has 0 aliphatic carbocycles. The van der Waals surface area contributed by atoms with Crippen molar-refractivity contribution in [3.8, 4) is 0 Å². The number of rotatable bonds is 3. The van der Waals surface area contributed by atoms with Gasteiger partial charge in [0.25, 0.3) is 0 Å². The average molecular weight is 186 g/mol. The van der Waals surface area contributed by atoms with Crippen LogP contribution in [0.2, 0.25) is 0 Å². The molecule has 0 fully saturated rings. The summed E-state index contributed by atoms with van der Waals surface area (Å²) >= 11 is 5.74. The minimum atomic E-state index is 0. The summed E-state index contributed by atoms with van der Waals surface area (Å²) < 4.78 is 0.915. The van der Waals surface area contributed by atoms with Crippen LogP contribution in [0.25, 0.3) is 0 Å². The van der Waals surface area contributed by atoms with Crippen molar-refractivity contribution in [2.45, 2.75) is 26.3 Å². The zero-order chi connectivity index (χ0) is 7.49. The Kier molecular flexibility index (Phi) is 6.87. The highest BCUT2D eigenvalue weighted by atomic mass is 35.5. The van der Waals surface area contributed by atoms with Gasteiger partial charge in [-0.05, 0) is 13.3 Å². The Morgan fingerprint density at radius 1 is 1.40 bits per heavy atom. The van der Waals surface area contributed by atoms with Crippen LogP contribution in [-0.4, -0.2) is 30.6 Å². The molecule has 0 aliphatic heterocycles. The van der Waals surface area contributed by atoms with Crippen LogP contribution in [0, 0.1) is 0 Å². The first-order valence-electron chi connectivity index (χ1n) is 3.43. The number of halogens is 2. The zero-order valence-corrected chi connectivity index (χ0v) is 8.71. The van der Waals surface area contributed by atoms with E-state index in [1.165, 1.54) is 6.42 Å². The lowest BCUT2D eigenvalue weighted by atomic mass is 10.2. The fraction of sp³-hybridized carbons (Fsp3) is 1.00. The average Bonchev–Trinajstić information content (AvgIpc) is 1.86. The van der Waals surface area contributed by atoms with Gasteiger partial charge < -0.3 is 16.9 Å². The second kappa shape index (κ2) is 5.22. The lowest BCUT2D eigenvalue weighted by Gasteiger charge is -2.33. The minimum Gasteiger partial charge on any atom is -1.00 e. The molecule has 10 heavy (non-hydrogen) atoms. The Morgan fingerprint density at radius 2 is 1.80 bits per heavy atom. The maximum Gasteiger partial charge on any atom is 0.154 e. The Balaban J connectivity index is 0. The van der Waals surface area contributed by atoms with Crippen LogP contribution in [0.15, 0.2) is 0 Å². The largest absolute Gasteiger partial charge is 1.00 e. The van der Waals surface area contributed by atoms with Gasteiger partial charge >= 0.3 is 0 Å². The zero-order valence-electron chi connectivity index (χ0n) is 7.19. The highest BCUT2D eigenvalue weighted by Crippen LogP contribution is 2.09. The van der Waals surface area contributed by atoms with Crippen LogP contribution in [-0.2, 0) is 0 Å². The van der Waals surface area contributed by atoms with Crippen LogP contribution < -0.4 is 12.4 Å². The lowest BCUT2D eigenvalue weighted by Crippen LogP contribution is -3.00. The maximum atomic E-state index is 5.74. The molecule has 0 aliphatic rings. The summed E-state index contributed by atoms with van der Waals surface area (Å²) in [4.78, 5) is 0. The molecule has 1 unspecified atom stereocenters. The summed E-state index contributed by atoms with van der Waals surface area (Å²) in [5, 5.41) is 0. The van der Waals surface area contributed by atoms with Crippen molar-refractivity contribution >= 4 is 11.6 Å². The molecule has 0 heterocycles.